The summed E-state index contributed by atoms with van der Waals surface area (Å²) in [5.41, 5.74) is 2.98. The molecule has 0 aliphatic carbocycles. The van der Waals surface area contributed by atoms with E-state index in [0.717, 1.165) is 11.1 Å². The minimum absolute atomic E-state index is 0.155. The number of benzene rings is 1. The third-order valence-electron chi connectivity index (χ3n) is 3.37. The number of nitrogens with one attached hydrogen (secondary N) is 1. The number of hydrogen-bond donors (Lipinski definition) is 1. The van der Waals surface area contributed by atoms with Gasteiger partial charge in [-0.3, -0.25) is 0 Å². The molecule has 1 aromatic heterocycles. The predicted molar refractivity (Wildman–Crippen MR) is 65.1 cm³/mol. The fraction of sp³-hybridized carbons (Fsp3) is 0.385. The molecule has 1 aromatic carbocycles. The molecule has 0 saturated carbocycles. The molecule has 1 unspecified atom stereocenters. The Bertz CT molecular complexity index is 528. The molecule has 2 aromatic rings. The van der Waals surface area contributed by atoms with Crippen LogP contribution in [-0.4, -0.2) is 11.6 Å². The summed E-state index contributed by atoms with van der Waals surface area (Å²) in [5, 5.41) is 4.21. The lowest BCUT2D eigenvalue weighted by Crippen LogP contribution is -2.13. The first-order valence-electron chi connectivity index (χ1n) is 5.48. The van der Waals surface area contributed by atoms with E-state index >= 15 is 0 Å². The topological polar surface area (TPSA) is 17.0 Å². The standard InChI is InChI=1S/C13H17FN2/c1-8(15-3)12-9(2)16(4)13-10(12)6-5-7-11(13)14/h5-8,15H,1-4H3. The molecule has 1 heterocycles. The Balaban J connectivity index is 2.84. The lowest BCUT2D eigenvalue weighted by atomic mass is 10.0. The molecule has 3 heteroatoms. The van der Waals surface area contributed by atoms with E-state index in [1.165, 1.54) is 11.6 Å². The average Bonchev–Trinajstić information content (AvgIpc) is 2.52. The van der Waals surface area contributed by atoms with Crippen LogP contribution in [-0.2, 0) is 7.05 Å². The van der Waals surface area contributed by atoms with Gasteiger partial charge in [-0.25, -0.2) is 4.39 Å². The Morgan fingerprint density at radius 3 is 2.69 bits per heavy atom. The Morgan fingerprint density at radius 2 is 2.06 bits per heavy atom. The first-order valence-corrected chi connectivity index (χ1v) is 5.48. The fourth-order valence-corrected chi connectivity index (χ4v) is 2.31. The maximum atomic E-state index is 13.8. The van der Waals surface area contributed by atoms with Gasteiger partial charge >= 0.3 is 0 Å². The van der Waals surface area contributed by atoms with Gasteiger partial charge in [0.1, 0.15) is 5.82 Å². The number of aromatic nitrogens is 1. The minimum atomic E-state index is -0.155. The number of aryl methyl sites for hydroxylation is 1. The maximum absolute atomic E-state index is 13.8. The first kappa shape index (κ1) is 11.1. The molecular weight excluding hydrogens is 203 g/mol. The second kappa shape index (κ2) is 3.91. The number of nitrogens with zero attached hydrogens (tertiary/aromatic N) is 1. The molecule has 0 bridgehead atoms. The van der Waals surface area contributed by atoms with Crippen molar-refractivity contribution in [2.45, 2.75) is 19.9 Å². The van der Waals surface area contributed by atoms with Gasteiger partial charge in [-0.2, -0.15) is 0 Å². The molecule has 0 radical (unpaired) electrons. The van der Waals surface area contributed by atoms with Gasteiger partial charge in [0, 0.05) is 24.2 Å². The molecule has 0 fully saturated rings. The van der Waals surface area contributed by atoms with Gasteiger partial charge in [0.2, 0.25) is 0 Å². The molecule has 1 N–H and O–H groups in total. The van der Waals surface area contributed by atoms with Crippen molar-refractivity contribution in [3.8, 4) is 0 Å². The van der Waals surface area contributed by atoms with E-state index in [0.29, 0.717) is 5.52 Å². The highest BCUT2D eigenvalue weighted by atomic mass is 19.1. The van der Waals surface area contributed by atoms with Crippen molar-refractivity contribution in [3.05, 3.63) is 35.3 Å². The first-order chi connectivity index (χ1) is 7.57. The highest BCUT2D eigenvalue weighted by Crippen LogP contribution is 2.30. The zero-order chi connectivity index (χ0) is 11.9. The molecule has 86 valence electrons. The van der Waals surface area contributed by atoms with E-state index in [9.17, 15) is 4.39 Å². The fourth-order valence-electron chi connectivity index (χ4n) is 2.31. The van der Waals surface area contributed by atoms with Crippen LogP contribution in [0.2, 0.25) is 0 Å². The van der Waals surface area contributed by atoms with E-state index in [1.807, 2.05) is 31.7 Å². The van der Waals surface area contributed by atoms with Crippen LogP contribution in [0, 0.1) is 12.7 Å². The number of para-hydroxylation sites is 1. The molecule has 2 rings (SSSR count). The van der Waals surface area contributed by atoms with Crippen LogP contribution < -0.4 is 5.32 Å². The molecule has 0 amide bonds. The van der Waals surface area contributed by atoms with Crippen LogP contribution in [0.4, 0.5) is 4.39 Å². The van der Waals surface area contributed by atoms with Crippen LogP contribution in [0.15, 0.2) is 18.2 Å². The van der Waals surface area contributed by atoms with Crippen molar-refractivity contribution in [3.63, 3.8) is 0 Å². The Hall–Kier alpha value is -1.35. The van der Waals surface area contributed by atoms with Crippen molar-refractivity contribution in [2.75, 3.05) is 7.05 Å². The normalized spacial score (nSPS) is 13.3. The summed E-state index contributed by atoms with van der Waals surface area (Å²) in [4.78, 5) is 0. The number of hydrogen-bond acceptors (Lipinski definition) is 1. The van der Waals surface area contributed by atoms with Crippen molar-refractivity contribution in [2.24, 2.45) is 7.05 Å². The van der Waals surface area contributed by atoms with Gasteiger partial charge in [-0.05, 0) is 32.5 Å². The summed E-state index contributed by atoms with van der Waals surface area (Å²) in [7, 11) is 3.83. The lowest BCUT2D eigenvalue weighted by Gasteiger charge is -2.11. The lowest BCUT2D eigenvalue weighted by molar-refractivity contribution is 0.630. The van der Waals surface area contributed by atoms with Gasteiger partial charge in [-0.15, -0.1) is 0 Å². The number of fused-ring (bicyclic) bond motifs is 1. The second-order valence-electron chi connectivity index (χ2n) is 4.20. The van der Waals surface area contributed by atoms with E-state index in [-0.39, 0.29) is 11.9 Å². The molecular formula is C13H17FN2. The van der Waals surface area contributed by atoms with Crippen LogP contribution in [0.3, 0.4) is 0 Å². The summed E-state index contributed by atoms with van der Waals surface area (Å²) in [6.07, 6.45) is 0. The van der Waals surface area contributed by atoms with Crippen LogP contribution >= 0.6 is 0 Å². The van der Waals surface area contributed by atoms with Gasteiger partial charge in [0.15, 0.2) is 0 Å². The quantitative estimate of drug-likeness (QED) is 0.823. The molecule has 1 atom stereocenters. The number of halogens is 1. The zero-order valence-corrected chi connectivity index (χ0v) is 10.1. The molecule has 0 aliphatic rings. The van der Waals surface area contributed by atoms with Crippen LogP contribution in [0.1, 0.15) is 24.2 Å². The molecule has 2 nitrogen and oxygen atoms in total. The average molecular weight is 220 g/mol. The third kappa shape index (κ3) is 1.43. The largest absolute Gasteiger partial charge is 0.345 e. The van der Waals surface area contributed by atoms with Gasteiger partial charge in [0.05, 0.1) is 5.52 Å². The van der Waals surface area contributed by atoms with Gasteiger partial charge in [-0.1, -0.05) is 12.1 Å². The Kier molecular flexibility index (Phi) is 2.72. The van der Waals surface area contributed by atoms with Crippen molar-refractivity contribution >= 4 is 10.9 Å². The smallest absolute Gasteiger partial charge is 0.147 e. The van der Waals surface area contributed by atoms with Gasteiger partial charge < -0.3 is 9.88 Å². The summed E-state index contributed by atoms with van der Waals surface area (Å²) in [6.45, 7) is 4.12. The van der Waals surface area contributed by atoms with E-state index in [4.69, 9.17) is 0 Å². The van der Waals surface area contributed by atoms with E-state index in [2.05, 4.69) is 12.2 Å². The monoisotopic (exact) mass is 220 g/mol. The second-order valence-corrected chi connectivity index (χ2v) is 4.20. The summed E-state index contributed by atoms with van der Waals surface area (Å²) >= 11 is 0. The molecule has 0 saturated heterocycles. The molecule has 0 aliphatic heterocycles. The number of rotatable bonds is 2. The SMILES string of the molecule is CNC(C)c1c(C)n(C)c2c(F)cccc12. The van der Waals surface area contributed by atoms with E-state index < -0.39 is 0 Å². The van der Waals surface area contributed by atoms with E-state index in [1.54, 1.807) is 6.07 Å². The zero-order valence-electron chi connectivity index (χ0n) is 10.1. The minimum Gasteiger partial charge on any atom is -0.345 e. The predicted octanol–water partition coefficient (Wildman–Crippen LogP) is 2.91. The van der Waals surface area contributed by atoms with Crippen molar-refractivity contribution in [1.29, 1.82) is 0 Å². The van der Waals surface area contributed by atoms with Crippen LogP contribution in [0.5, 0.6) is 0 Å². The summed E-state index contributed by atoms with van der Waals surface area (Å²) in [5.74, 6) is -0.155. The van der Waals surface area contributed by atoms with Crippen LogP contribution in [0.25, 0.3) is 10.9 Å². The molecule has 0 spiro atoms. The van der Waals surface area contributed by atoms with Crippen molar-refractivity contribution in [1.82, 2.24) is 9.88 Å². The summed E-state index contributed by atoms with van der Waals surface area (Å²) in [6, 6.07) is 5.48. The Morgan fingerprint density at radius 1 is 1.38 bits per heavy atom. The molecule has 16 heavy (non-hydrogen) atoms. The van der Waals surface area contributed by atoms with Crippen molar-refractivity contribution < 1.29 is 4.39 Å². The summed E-state index contributed by atoms with van der Waals surface area (Å²) < 4.78 is 15.7. The third-order valence-corrected chi connectivity index (χ3v) is 3.37. The van der Waals surface area contributed by atoms with Gasteiger partial charge in [0.25, 0.3) is 0 Å². The highest BCUT2D eigenvalue weighted by Gasteiger charge is 2.17. The maximum Gasteiger partial charge on any atom is 0.147 e. The highest BCUT2D eigenvalue weighted by molar-refractivity contribution is 5.86. The Labute approximate surface area is 95.1 Å².